The van der Waals surface area contributed by atoms with Gasteiger partial charge in [0.05, 0.1) is 0 Å². The molecule has 0 spiro atoms. The van der Waals surface area contributed by atoms with Crippen LogP contribution in [-0.2, 0) is 0 Å². The normalized spacial score (nSPS) is 19.5. The highest BCUT2D eigenvalue weighted by Gasteiger charge is 2.26. The minimum absolute atomic E-state index is 0.203. The Kier molecular flexibility index (Phi) is 5.70. The van der Waals surface area contributed by atoms with E-state index in [4.69, 9.17) is 28.9 Å². The third-order valence-corrected chi connectivity index (χ3v) is 4.60. The second-order valence-corrected chi connectivity index (χ2v) is 6.56. The van der Waals surface area contributed by atoms with Gasteiger partial charge in [-0.3, -0.25) is 4.90 Å². The van der Waals surface area contributed by atoms with Gasteiger partial charge in [-0.15, -0.1) is 0 Å². The second-order valence-electron chi connectivity index (χ2n) is 5.69. The van der Waals surface area contributed by atoms with Gasteiger partial charge < -0.3 is 10.6 Å². The fourth-order valence-electron chi connectivity index (χ4n) is 2.98. The first-order valence-electron chi connectivity index (χ1n) is 7.07. The Bertz CT molecular complexity index is 422. The van der Waals surface area contributed by atoms with Crippen molar-refractivity contribution in [2.45, 2.75) is 24.9 Å². The first-order chi connectivity index (χ1) is 9.51. The third kappa shape index (κ3) is 3.86. The van der Waals surface area contributed by atoms with E-state index >= 15 is 0 Å². The van der Waals surface area contributed by atoms with Crippen molar-refractivity contribution in [3.63, 3.8) is 0 Å². The van der Waals surface area contributed by atoms with Crippen LogP contribution < -0.4 is 5.73 Å². The maximum Gasteiger partial charge on any atom is 0.0471 e. The monoisotopic (exact) mass is 315 g/mol. The van der Waals surface area contributed by atoms with Crippen LogP contribution in [0.4, 0.5) is 0 Å². The van der Waals surface area contributed by atoms with Crippen LogP contribution in [-0.4, -0.2) is 49.6 Å². The maximum absolute atomic E-state index is 6.10. The smallest absolute Gasteiger partial charge is 0.0471 e. The predicted molar refractivity (Wildman–Crippen MR) is 86.5 cm³/mol. The number of nitrogens with two attached hydrogens (primary N) is 1. The summed E-state index contributed by atoms with van der Waals surface area (Å²) in [6, 6.07) is 6.59. The van der Waals surface area contributed by atoms with Crippen molar-refractivity contribution >= 4 is 23.2 Å². The van der Waals surface area contributed by atoms with Gasteiger partial charge in [-0.2, -0.15) is 0 Å². The number of piperidine rings is 1. The number of nitrogens with zero attached hydrogens (tertiary/aromatic N) is 2. The Balaban J connectivity index is 2.09. The van der Waals surface area contributed by atoms with Crippen molar-refractivity contribution in [3.8, 4) is 0 Å². The summed E-state index contributed by atoms with van der Waals surface area (Å²) >= 11 is 12.2. The number of benzene rings is 1. The standard InChI is InChI=1S/C15H23Cl2N3/c1-19(2)14-3-5-20(6-4-14)15(10-18)11-7-12(16)9-13(17)8-11/h7-9,14-15H,3-6,10,18H2,1-2H3. The highest BCUT2D eigenvalue weighted by atomic mass is 35.5. The van der Waals surface area contributed by atoms with Crippen LogP contribution in [0.3, 0.4) is 0 Å². The van der Waals surface area contributed by atoms with E-state index in [1.165, 1.54) is 12.8 Å². The number of hydrogen-bond acceptors (Lipinski definition) is 3. The van der Waals surface area contributed by atoms with Gasteiger partial charge in [0.1, 0.15) is 0 Å². The van der Waals surface area contributed by atoms with Crippen molar-refractivity contribution < 1.29 is 0 Å². The number of hydrogen-bond donors (Lipinski definition) is 1. The summed E-state index contributed by atoms with van der Waals surface area (Å²) in [6.45, 7) is 2.72. The van der Waals surface area contributed by atoms with E-state index in [-0.39, 0.29) is 6.04 Å². The summed E-state index contributed by atoms with van der Waals surface area (Å²) in [5.74, 6) is 0. The van der Waals surface area contributed by atoms with E-state index in [1.54, 1.807) is 6.07 Å². The van der Waals surface area contributed by atoms with Gasteiger partial charge >= 0.3 is 0 Å². The summed E-state index contributed by atoms with van der Waals surface area (Å²) in [4.78, 5) is 4.76. The van der Waals surface area contributed by atoms with E-state index in [0.717, 1.165) is 18.7 Å². The predicted octanol–water partition coefficient (Wildman–Crippen LogP) is 3.02. The molecule has 1 heterocycles. The van der Waals surface area contributed by atoms with Gasteiger partial charge in [-0.1, -0.05) is 23.2 Å². The zero-order chi connectivity index (χ0) is 14.7. The highest BCUT2D eigenvalue weighted by molar-refractivity contribution is 6.34. The van der Waals surface area contributed by atoms with Crippen LogP contribution in [0.2, 0.25) is 10.0 Å². The van der Waals surface area contributed by atoms with Crippen LogP contribution in [0, 0.1) is 0 Å². The quantitative estimate of drug-likeness (QED) is 0.927. The molecular weight excluding hydrogens is 293 g/mol. The average Bonchev–Trinajstić information content (AvgIpc) is 2.39. The number of rotatable bonds is 4. The molecule has 1 aliphatic rings. The van der Waals surface area contributed by atoms with Gasteiger partial charge in [-0.25, -0.2) is 0 Å². The largest absolute Gasteiger partial charge is 0.329 e. The molecule has 3 nitrogen and oxygen atoms in total. The minimum atomic E-state index is 0.203. The molecule has 0 bridgehead atoms. The van der Waals surface area contributed by atoms with Crippen LogP contribution in [0.15, 0.2) is 18.2 Å². The highest BCUT2D eigenvalue weighted by Crippen LogP contribution is 2.29. The lowest BCUT2D eigenvalue weighted by Crippen LogP contribution is -2.45. The number of likely N-dealkylation sites (tertiary alicyclic amines) is 1. The first-order valence-corrected chi connectivity index (χ1v) is 7.83. The Hall–Kier alpha value is -0.320. The molecule has 1 unspecified atom stereocenters. The van der Waals surface area contributed by atoms with Crippen LogP contribution in [0.5, 0.6) is 0 Å². The van der Waals surface area contributed by atoms with Crippen LogP contribution in [0.25, 0.3) is 0 Å². The summed E-state index contributed by atoms with van der Waals surface area (Å²) in [6.07, 6.45) is 2.36. The SMILES string of the molecule is CN(C)C1CCN(C(CN)c2cc(Cl)cc(Cl)c2)CC1. The Labute approximate surface area is 131 Å². The van der Waals surface area contributed by atoms with E-state index < -0.39 is 0 Å². The zero-order valence-electron chi connectivity index (χ0n) is 12.1. The molecular formula is C15H23Cl2N3. The molecule has 0 amide bonds. The molecule has 1 aromatic rings. The molecule has 112 valence electrons. The van der Waals surface area contributed by atoms with Crippen LogP contribution >= 0.6 is 23.2 Å². The van der Waals surface area contributed by atoms with Crippen molar-refractivity contribution in [2.75, 3.05) is 33.7 Å². The van der Waals surface area contributed by atoms with E-state index in [9.17, 15) is 0 Å². The Morgan fingerprint density at radius 1 is 1.20 bits per heavy atom. The summed E-state index contributed by atoms with van der Waals surface area (Å²) in [5, 5.41) is 1.35. The van der Waals surface area contributed by atoms with Gasteiger partial charge in [0.15, 0.2) is 0 Å². The molecule has 2 rings (SSSR count). The molecule has 1 atom stereocenters. The molecule has 0 aliphatic carbocycles. The van der Waals surface area contributed by atoms with Crippen molar-refractivity contribution in [2.24, 2.45) is 5.73 Å². The molecule has 1 saturated heterocycles. The molecule has 1 aliphatic heterocycles. The average molecular weight is 316 g/mol. The molecule has 20 heavy (non-hydrogen) atoms. The van der Waals surface area contributed by atoms with E-state index in [0.29, 0.717) is 22.6 Å². The molecule has 2 N–H and O–H groups in total. The number of halogens is 2. The second kappa shape index (κ2) is 7.10. The van der Waals surface area contributed by atoms with E-state index in [2.05, 4.69) is 23.9 Å². The van der Waals surface area contributed by atoms with Crippen molar-refractivity contribution in [1.29, 1.82) is 0 Å². The fraction of sp³-hybridized carbons (Fsp3) is 0.600. The lowest BCUT2D eigenvalue weighted by molar-refractivity contribution is 0.111. The lowest BCUT2D eigenvalue weighted by atomic mass is 9.98. The van der Waals surface area contributed by atoms with Crippen LogP contribution in [0.1, 0.15) is 24.4 Å². The molecule has 5 heteroatoms. The molecule has 0 saturated carbocycles. The summed E-state index contributed by atoms with van der Waals surface area (Å²) in [7, 11) is 4.30. The van der Waals surface area contributed by atoms with Gasteiger partial charge in [-0.05, 0) is 50.7 Å². The third-order valence-electron chi connectivity index (χ3n) is 4.16. The molecule has 1 fully saturated rings. The lowest BCUT2D eigenvalue weighted by Gasteiger charge is -2.39. The zero-order valence-corrected chi connectivity index (χ0v) is 13.7. The van der Waals surface area contributed by atoms with E-state index in [1.807, 2.05) is 12.1 Å². The van der Waals surface area contributed by atoms with Crippen molar-refractivity contribution in [1.82, 2.24) is 9.80 Å². The van der Waals surface area contributed by atoms with Gasteiger partial charge in [0.2, 0.25) is 0 Å². The van der Waals surface area contributed by atoms with Gasteiger partial charge in [0.25, 0.3) is 0 Å². The molecule has 0 radical (unpaired) electrons. The first kappa shape index (κ1) is 16.1. The molecule has 1 aromatic carbocycles. The minimum Gasteiger partial charge on any atom is -0.329 e. The molecule has 0 aromatic heterocycles. The Morgan fingerprint density at radius 2 is 1.75 bits per heavy atom. The van der Waals surface area contributed by atoms with Crippen molar-refractivity contribution in [3.05, 3.63) is 33.8 Å². The summed E-state index contributed by atoms with van der Waals surface area (Å²) < 4.78 is 0. The topological polar surface area (TPSA) is 32.5 Å². The fourth-order valence-corrected chi connectivity index (χ4v) is 3.52. The maximum atomic E-state index is 6.10. The Morgan fingerprint density at radius 3 is 2.20 bits per heavy atom. The van der Waals surface area contributed by atoms with Gasteiger partial charge in [0, 0.05) is 41.8 Å². The summed E-state index contributed by atoms with van der Waals surface area (Å²) in [5.41, 5.74) is 7.11.